The predicted octanol–water partition coefficient (Wildman–Crippen LogP) is 2.60. The van der Waals surface area contributed by atoms with Crippen molar-refractivity contribution in [1.29, 1.82) is 0 Å². The third kappa shape index (κ3) is 3.85. The highest BCUT2D eigenvalue weighted by molar-refractivity contribution is 6.42. The van der Waals surface area contributed by atoms with Crippen LogP contribution in [-0.4, -0.2) is 37.5 Å². The van der Waals surface area contributed by atoms with Crippen LogP contribution in [0.4, 0.5) is 0 Å². The molecule has 0 spiro atoms. The number of hydrogen-bond acceptors (Lipinski definition) is 2. The Bertz CT molecular complexity index is 465. The van der Waals surface area contributed by atoms with Crippen LogP contribution >= 0.6 is 23.2 Å². The Morgan fingerprint density at radius 3 is 2.89 bits per heavy atom. The average molecular weight is 301 g/mol. The summed E-state index contributed by atoms with van der Waals surface area (Å²) in [6, 6.07) is 5.36. The van der Waals surface area contributed by atoms with Crippen molar-refractivity contribution in [3.05, 3.63) is 33.8 Å². The number of nitrogens with one attached hydrogen (secondary N) is 1. The Morgan fingerprint density at radius 2 is 2.21 bits per heavy atom. The van der Waals surface area contributed by atoms with Crippen LogP contribution in [0.3, 0.4) is 0 Å². The second kappa shape index (κ2) is 6.60. The fourth-order valence-corrected chi connectivity index (χ4v) is 2.77. The van der Waals surface area contributed by atoms with Crippen LogP contribution in [0.15, 0.2) is 18.2 Å². The third-order valence-electron chi connectivity index (χ3n) is 3.47. The maximum Gasteiger partial charge on any atom is 0.227 e. The summed E-state index contributed by atoms with van der Waals surface area (Å²) >= 11 is 11.8. The molecule has 0 radical (unpaired) electrons. The second-order valence-corrected chi connectivity index (χ2v) is 5.79. The number of nitrogens with zero attached hydrogens (tertiary/aromatic N) is 1. The molecule has 1 saturated heterocycles. The van der Waals surface area contributed by atoms with Crippen molar-refractivity contribution in [2.45, 2.75) is 12.8 Å². The van der Waals surface area contributed by atoms with Gasteiger partial charge in [-0.15, -0.1) is 0 Å². The molecular formula is C14H18Cl2N2O. The Hall–Kier alpha value is -0.770. The number of rotatable bonds is 4. The lowest BCUT2D eigenvalue weighted by atomic mass is 10.1. The standard InChI is InChI=1S/C14H18Cl2N2O/c1-17-8-11-4-5-18(9-11)14(19)7-10-2-3-12(15)13(16)6-10/h2-3,6,11,17H,4-5,7-9H2,1H3/t11-/m0/s1. The molecule has 3 nitrogen and oxygen atoms in total. The van der Waals surface area contributed by atoms with Crippen molar-refractivity contribution in [3.63, 3.8) is 0 Å². The minimum absolute atomic E-state index is 0.164. The van der Waals surface area contributed by atoms with Gasteiger partial charge in [0.15, 0.2) is 0 Å². The zero-order valence-corrected chi connectivity index (χ0v) is 12.5. The third-order valence-corrected chi connectivity index (χ3v) is 4.21. The van der Waals surface area contributed by atoms with E-state index in [-0.39, 0.29) is 5.91 Å². The first-order valence-electron chi connectivity index (χ1n) is 6.46. The summed E-state index contributed by atoms with van der Waals surface area (Å²) in [7, 11) is 1.94. The van der Waals surface area contributed by atoms with Gasteiger partial charge < -0.3 is 10.2 Å². The zero-order chi connectivity index (χ0) is 13.8. The zero-order valence-electron chi connectivity index (χ0n) is 11.0. The molecule has 1 atom stereocenters. The van der Waals surface area contributed by atoms with Gasteiger partial charge in [0.25, 0.3) is 0 Å². The molecule has 1 heterocycles. The summed E-state index contributed by atoms with van der Waals surface area (Å²) < 4.78 is 0. The van der Waals surface area contributed by atoms with Crippen molar-refractivity contribution in [2.24, 2.45) is 5.92 Å². The Kier molecular flexibility index (Phi) is 5.08. The van der Waals surface area contributed by atoms with Gasteiger partial charge in [-0.2, -0.15) is 0 Å². The minimum Gasteiger partial charge on any atom is -0.342 e. The molecule has 0 bridgehead atoms. The average Bonchev–Trinajstić information content (AvgIpc) is 2.83. The van der Waals surface area contributed by atoms with Gasteiger partial charge in [0.2, 0.25) is 5.91 Å². The smallest absolute Gasteiger partial charge is 0.227 e. The van der Waals surface area contributed by atoms with Crippen molar-refractivity contribution in [2.75, 3.05) is 26.7 Å². The molecule has 104 valence electrons. The van der Waals surface area contributed by atoms with Crippen LogP contribution < -0.4 is 5.32 Å². The van der Waals surface area contributed by atoms with Crippen molar-refractivity contribution >= 4 is 29.1 Å². The predicted molar refractivity (Wildman–Crippen MR) is 78.8 cm³/mol. The SMILES string of the molecule is CNC[C@@H]1CCN(C(=O)Cc2ccc(Cl)c(Cl)c2)C1. The maximum atomic E-state index is 12.2. The molecule has 0 unspecified atom stereocenters. The van der Waals surface area contributed by atoms with Crippen molar-refractivity contribution in [3.8, 4) is 0 Å². The number of halogens is 2. The van der Waals surface area contributed by atoms with E-state index in [1.54, 1.807) is 12.1 Å². The molecule has 0 aromatic heterocycles. The largest absolute Gasteiger partial charge is 0.342 e. The van der Waals surface area contributed by atoms with Crippen LogP contribution in [0.1, 0.15) is 12.0 Å². The molecule has 1 aromatic carbocycles. The summed E-state index contributed by atoms with van der Waals surface area (Å²) in [5, 5.41) is 4.19. The van der Waals surface area contributed by atoms with E-state index >= 15 is 0 Å². The van der Waals surface area contributed by atoms with Crippen LogP contribution in [0.5, 0.6) is 0 Å². The normalized spacial score (nSPS) is 18.9. The van der Waals surface area contributed by atoms with Gasteiger partial charge in [-0.1, -0.05) is 29.3 Å². The van der Waals surface area contributed by atoms with Crippen molar-refractivity contribution < 1.29 is 4.79 Å². The molecule has 5 heteroatoms. The number of carbonyl (C=O) groups excluding carboxylic acids is 1. The summed E-state index contributed by atoms with van der Waals surface area (Å²) in [5.41, 5.74) is 0.913. The lowest BCUT2D eigenvalue weighted by molar-refractivity contribution is -0.129. The fourth-order valence-electron chi connectivity index (χ4n) is 2.45. The van der Waals surface area contributed by atoms with E-state index in [9.17, 15) is 4.79 Å². The van der Waals surface area contributed by atoms with E-state index in [4.69, 9.17) is 23.2 Å². The topological polar surface area (TPSA) is 32.3 Å². The first-order valence-corrected chi connectivity index (χ1v) is 7.22. The molecule has 1 N–H and O–H groups in total. The van der Waals surface area contributed by atoms with Gasteiger partial charge in [-0.25, -0.2) is 0 Å². The monoisotopic (exact) mass is 300 g/mol. The molecular weight excluding hydrogens is 283 g/mol. The molecule has 1 aromatic rings. The van der Waals surface area contributed by atoms with E-state index in [1.807, 2.05) is 18.0 Å². The molecule has 1 aliphatic rings. The Labute approximate surface area is 123 Å². The van der Waals surface area contributed by atoms with Crippen LogP contribution in [0, 0.1) is 5.92 Å². The minimum atomic E-state index is 0.164. The maximum absolute atomic E-state index is 12.2. The summed E-state index contributed by atoms with van der Waals surface area (Å²) in [6.45, 7) is 2.67. The second-order valence-electron chi connectivity index (χ2n) is 4.98. The molecule has 0 saturated carbocycles. The van der Waals surface area contributed by atoms with Gasteiger partial charge >= 0.3 is 0 Å². The molecule has 1 fully saturated rings. The quantitative estimate of drug-likeness (QED) is 0.927. The Balaban J connectivity index is 1.92. The molecule has 19 heavy (non-hydrogen) atoms. The lowest BCUT2D eigenvalue weighted by Crippen LogP contribution is -2.31. The molecule has 1 aliphatic heterocycles. The van der Waals surface area contributed by atoms with E-state index < -0.39 is 0 Å². The summed E-state index contributed by atoms with van der Waals surface area (Å²) in [4.78, 5) is 14.1. The number of amides is 1. The summed E-state index contributed by atoms with van der Waals surface area (Å²) in [5.74, 6) is 0.736. The van der Waals surface area contributed by atoms with Crippen molar-refractivity contribution in [1.82, 2.24) is 10.2 Å². The number of benzene rings is 1. The summed E-state index contributed by atoms with van der Waals surface area (Å²) in [6.07, 6.45) is 1.47. The van der Waals surface area contributed by atoms with Gasteiger partial charge in [-0.3, -0.25) is 4.79 Å². The van der Waals surface area contributed by atoms with Crippen LogP contribution in [-0.2, 0) is 11.2 Å². The molecule has 0 aliphatic carbocycles. The van der Waals surface area contributed by atoms with E-state index in [2.05, 4.69) is 5.32 Å². The van der Waals surface area contributed by atoms with E-state index in [0.29, 0.717) is 22.4 Å². The van der Waals surface area contributed by atoms with Crippen LogP contribution in [0.25, 0.3) is 0 Å². The first-order chi connectivity index (χ1) is 9.10. The first kappa shape index (κ1) is 14.6. The highest BCUT2D eigenvalue weighted by Crippen LogP contribution is 2.23. The highest BCUT2D eigenvalue weighted by Gasteiger charge is 2.25. The number of hydrogen-bond donors (Lipinski definition) is 1. The van der Waals surface area contributed by atoms with E-state index in [0.717, 1.165) is 31.6 Å². The van der Waals surface area contributed by atoms with Gasteiger partial charge in [-0.05, 0) is 43.6 Å². The lowest BCUT2D eigenvalue weighted by Gasteiger charge is -2.16. The van der Waals surface area contributed by atoms with Gasteiger partial charge in [0.1, 0.15) is 0 Å². The number of carbonyl (C=O) groups is 1. The molecule has 1 amide bonds. The Morgan fingerprint density at radius 1 is 1.42 bits per heavy atom. The van der Waals surface area contributed by atoms with Gasteiger partial charge in [0, 0.05) is 13.1 Å². The van der Waals surface area contributed by atoms with Gasteiger partial charge in [0.05, 0.1) is 16.5 Å². The highest BCUT2D eigenvalue weighted by atomic mass is 35.5. The van der Waals surface area contributed by atoms with E-state index in [1.165, 1.54) is 0 Å². The molecule has 2 rings (SSSR count). The fraction of sp³-hybridized carbons (Fsp3) is 0.500. The van der Waals surface area contributed by atoms with Crippen LogP contribution in [0.2, 0.25) is 10.0 Å². The number of likely N-dealkylation sites (tertiary alicyclic amines) is 1.